The van der Waals surface area contributed by atoms with Crippen molar-refractivity contribution in [1.82, 2.24) is 4.72 Å². The van der Waals surface area contributed by atoms with Crippen LogP contribution in [-0.4, -0.2) is 32.1 Å². The minimum absolute atomic E-state index is 0.173. The molecule has 0 spiro atoms. The van der Waals surface area contributed by atoms with Gasteiger partial charge in [-0.25, -0.2) is 31.1 Å². The zero-order valence-corrected chi connectivity index (χ0v) is 20.6. The fourth-order valence-corrected chi connectivity index (χ4v) is 5.94. The van der Waals surface area contributed by atoms with Crippen LogP contribution in [0.25, 0.3) is 0 Å². The van der Waals surface area contributed by atoms with Crippen LogP contribution in [0.1, 0.15) is 50.4 Å². The van der Waals surface area contributed by atoms with Gasteiger partial charge in [-0.2, -0.15) is 0 Å². The lowest BCUT2D eigenvalue weighted by molar-refractivity contribution is -0.0733. The molecule has 2 aromatic rings. The number of nitrogens with two attached hydrogens (primary N) is 2. The maximum absolute atomic E-state index is 13.5. The van der Waals surface area contributed by atoms with Crippen molar-refractivity contribution in [2.24, 2.45) is 11.1 Å². The lowest BCUT2D eigenvalue weighted by Gasteiger charge is -2.44. The molecule has 2 amide bonds. The maximum atomic E-state index is 13.5. The molecule has 0 bridgehead atoms. The van der Waals surface area contributed by atoms with E-state index in [1.165, 1.54) is 12.1 Å². The molecule has 2 atom stereocenters. The van der Waals surface area contributed by atoms with E-state index >= 15 is 0 Å². The van der Waals surface area contributed by atoms with E-state index in [1.54, 1.807) is 20.8 Å². The van der Waals surface area contributed by atoms with Crippen molar-refractivity contribution >= 4 is 33.4 Å². The highest BCUT2D eigenvalue weighted by molar-refractivity contribution is 7.89. The molecule has 0 aromatic heterocycles. The number of primary amides is 1. The molecule has 9 nitrogen and oxygen atoms in total. The highest BCUT2D eigenvalue weighted by Gasteiger charge is 2.55. The first-order valence-electron chi connectivity index (χ1n) is 10.9. The van der Waals surface area contributed by atoms with Crippen LogP contribution in [0.2, 0.25) is 0 Å². The molecular formula is C23H27F3N4O5S. The summed E-state index contributed by atoms with van der Waals surface area (Å²) in [4.78, 5) is 23.9. The Morgan fingerprint density at radius 2 is 1.72 bits per heavy atom. The second-order valence-electron chi connectivity index (χ2n) is 9.59. The Hall–Kier alpha value is -3.32. The minimum Gasteiger partial charge on any atom is -0.441 e. The zero-order chi connectivity index (χ0) is 27.1. The third kappa shape index (κ3) is 5.26. The normalized spacial score (nSPS) is 20.2. The summed E-state index contributed by atoms with van der Waals surface area (Å²) in [6.45, 7) is 5.38. The van der Waals surface area contributed by atoms with Gasteiger partial charge in [0.1, 0.15) is 10.5 Å². The molecule has 0 saturated heterocycles. The Morgan fingerprint density at radius 1 is 1.11 bits per heavy atom. The smallest absolute Gasteiger partial charge is 0.405 e. The van der Waals surface area contributed by atoms with Gasteiger partial charge in [-0.15, -0.1) is 0 Å². The van der Waals surface area contributed by atoms with Crippen LogP contribution in [-0.2, 0) is 14.8 Å². The average Bonchev–Trinajstić information content (AvgIpc) is 3.14. The summed E-state index contributed by atoms with van der Waals surface area (Å²) in [5.41, 5.74) is 8.53. The fraction of sp³-hybridized carbons (Fsp3) is 0.391. The Bertz CT molecular complexity index is 1290. The number of hydrogen-bond acceptors (Lipinski definition) is 6. The van der Waals surface area contributed by atoms with Crippen LogP contribution in [0.4, 0.5) is 29.3 Å². The molecule has 6 N–H and O–H groups in total. The van der Waals surface area contributed by atoms with E-state index in [0.29, 0.717) is 31.4 Å². The Labute approximate surface area is 206 Å². The second kappa shape index (κ2) is 9.62. The Balaban J connectivity index is 1.92. The topological polar surface area (TPSA) is 154 Å². The predicted octanol–water partition coefficient (Wildman–Crippen LogP) is 3.65. The SMILES string of the molecule is CC(C)(C)[C@]1(OC(N)=O)CCC[C@H]1NS(=O)(=O)c1cc(C(=O)Nc2cc(F)c(F)c(F)c2)ccc1N. The number of rotatable bonds is 6. The Morgan fingerprint density at radius 3 is 2.28 bits per heavy atom. The lowest BCUT2D eigenvalue weighted by atomic mass is 9.73. The van der Waals surface area contributed by atoms with Crippen LogP contribution in [0.3, 0.4) is 0 Å². The van der Waals surface area contributed by atoms with Crippen molar-refractivity contribution in [3.63, 3.8) is 0 Å². The van der Waals surface area contributed by atoms with E-state index in [0.717, 1.165) is 6.07 Å². The number of anilines is 2. The molecule has 0 unspecified atom stereocenters. The van der Waals surface area contributed by atoms with Crippen molar-refractivity contribution in [3.8, 4) is 0 Å². The van der Waals surface area contributed by atoms with Crippen LogP contribution in [0, 0.1) is 22.9 Å². The summed E-state index contributed by atoms with van der Waals surface area (Å²) >= 11 is 0. The number of benzene rings is 2. The number of nitrogen functional groups attached to an aromatic ring is 1. The lowest BCUT2D eigenvalue weighted by Crippen LogP contribution is -2.59. The van der Waals surface area contributed by atoms with Crippen molar-refractivity contribution in [2.45, 2.75) is 56.6 Å². The number of hydrogen-bond donors (Lipinski definition) is 4. The van der Waals surface area contributed by atoms with E-state index in [2.05, 4.69) is 10.0 Å². The number of amides is 2. The van der Waals surface area contributed by atoms with Crippen LogP contribution < -0.4 is 21.5 Å². The van der Waals surface area contributed by atoms with Crippen molar-refractivity contribution in [3.05, 3.63) is 53.3 Å². The summed E-state index contributed by atoms with van der Waals surface area (Å²) in [6, 6.07) is 3.71. The second-order valence-corrected chi connectivity index (χ2v) is 11.3. The molecule has 0 heterocycles. The highest BCUT2D eigenvalue weighted by Crippen LogP contribution is 2.47. The monoisotopic (exact) mass is 528 g/mol. The minimum atomic E-state index is -4.35. The molecule has 196 valence electrons. The molecule has 1 saturated carbocycles. The van der Waals surface area contributed by atoms with E-state index < -0.39 is 61.4 Å². The van der Waals surface area contributed by atoms with Crippen LogP contribution >= 0.6 is 0 Å². The first kappa shape index (κ1) is 27.3. The summed E-state index contributed by atoms with van der Waals surface area (Å²) in [7, 11) is -4.35. The number of sulfonamides is 1. The predicted molar refractivity (Wildman–Crippen MR) is 126 cm³/mol. The molecule has 2 aromatic carbocycles. The molecule has 1 aliphatic rings. The third-order valence-corrected chi connectivity index (χ3v) is 7.79. The molecule has 1 aliphatic carbocycles. The summed E-state index contributed by atoms with van der Waals surface area (Å²) < 4.78 is 74.8. The van der Waals surface area contributed by atoms with Crippen molar-refractivity contribution < 1.29 is 35.9 Å². The van der Waals surface area contributed by atoms with Gasteiger partial charge < -0.3 is 21.5 Å². The van der Waals surface area contributed by atoms with Gasteiger partial charge in [0, 0.05) is 28.8 Å². The van der Waals surface area contributed by atoms with E-state index in [4.69, 9.17) is 16.2 Å². The quantitative estimate of drug-likeness (QED) is 0.332. The van der Waals surface area contributed by atoms with E-state index in [-0.39, 0.29) is 16.9 Å². The number of carbonyl (C=O) groups is 2. The standard InChI is InChI=1S/C23H27F3N4O5S/c1-22(2,3)23(35-21(28)32)8-4-5-18(23)30-36(33,34)17-9-12(6-7-16(17)27)20(31)29-13-10-14(24)19(26)15(25)11-13/h6-7,9-11,18,30H,4-5,8,27H2,1-3H3,(H2,28,32)(H,29,31)/t18-,23+/m1/s1. The van der Waals surface area contributed by atoms with Gasteiger partial charge in [-0.3, -0.25) is 4.79 Å². The van der Waals surface area contributed by atoms with Gasteiger partial charge in [0.15, 0.2) is 17.5 Å². The Kier molecular flexibility index (Phi) is 7.29. The molecule has 0 radical (unpaired) electrons. The molecule has 13 heteroatoms. The molecule has 3 rings (SSSR count). The summed E-state index contributed by atoms with van der Waals surface area (Å²) in [6.07, 6.45) is 0.240. The summed E-state index contributed by atoms with van der Waals surface area (Å²) in [5, 5.41) is 2.18. The van der Waals surface area contributed by atoms with Crippen LogP contribution in [0.5, 0.6) is 0 Å². The first-order chi connectivity index (χ1) is 16.6. The molecule has 0 aliphatic heterocycles. The molecular weight excluding hydrogens is 501 g/mol. The van der Waals surface area contributed by atoms with Gasteiger partial charge in [0.2, 0.25) is 10.0 Å². The van der Waals surface area contributed by atoms with Gasteiger partial charge in [-0.05, 0) is 37.5 Å². The van der Waals surface area contributed by atoms with E-state index in [1.807, 2.05) is 0 Å². The fourth-order valence-electron chi connectivity index (χ4n) is 4.47. The highest BCUT2D eigenvalue weighted by atomic mass is 32.2. The maximum Gasteiger partial charge on any atom is 0.405 e. The first-order valence-corrected chi connectivity index (χ1v) is 12.4. The number of carbonyl (C=O) groups excluding carboxylic acids is 2. The third-order valence-electron chi connectivity index (χ3n) is 6.26. The van der Waals surface area contributed by atoms with Gasteiger partial charge in [0.05, 0.1) is 11.7 Å². The van der Waals surface area contributed by atoms with Crippen molar-refractivity contribution in [2.75, 3.05) is 11.1 Å². The van der Waals surface area contributed by atoms with Crippen LogP contribution in [0.15, 0.2) is 35.2 Å². The van der Waals surface area contributed by atoms with Gasteiger partial charge in [0.25, 0.3) is 5.91 Å². The summed E-state index contributed by atoms with van der Waals surface area (Å²) in [5.74, 6) is -5.63. The zero-order valence-electron chi connectivity index (χ0n) is 19.8. The van der Waals surface area contributed by atoms with Gasteiger partial charge >= 0.3 is 6.09 Å². The molecule has 1 fully saturated rings. The van der Waals surface area contributed by atoms with Gasteiger partial charge in [-0.1, -0.05) is 20.8 Å². The molecule has 36 heavy (non-hydrogen) atoms. The largest absolute Gasteiger partial charge is 0.441 e. The van der Waals surface area contributed by atoms with Crippen molar-refractivity contribution in [1.29, 1.82) is 0 Å². The number of nitrogens with one attached hydrogen (secondary N) is 2. The number of halogens is 3. The average molecular weight is 529 g/mol. The van der Waals surface area contributed by atoms with E-state index in [9.17, 15) is 31.2 Å². The number of ether oxygens (including phenoxy) is 1.